The van der Waals surface area contributed by atoms with E-state index < -0.39 is 0 Å². The van der Waals surface area contributed by atoms with Crippen molar-refractivity contribution in [1.82, 2.24) is 15.6 Å². The molecule has 0 aliphatic carbocycles. The fourth-order valence-corrected chi connectivity index (χ4v) is 2.29. The van der Waals surface area contributed by atoms with Crippen LogP contribution < -0.4 is 10.6 Å². The number of nitrogens with one attached hydrogen (secondary N) is 2. The smallest absolute Gasteiger partial charge is 0.220 e. The van der Waals surface area contributed by atoms with E-state index in [2.05, 4.69) is 15.6 Å². The Kier molecular flexibility index (Phi) is 5.27. The van der Waals surface area contributed by atoms with Crippen molar-refractivity contribution in [3.05, 3.63) is 29.8 Å². The minimum absolute atomic E-state index is 0.0460. The molecular weight excluding hydrogens is 245 g/mol. The molecule has 0 aromatic carbocycles. The molecule has 0 saturated carbocycles. The van der Waals surface area contributed by atoms with Crippen LogP contribution in [0.1, 0.15) is 31.4 Å². The van der Waals surface area contributed by atoms with Gasteiger partial charge in [0.05, 0.1) is 18.4 Å². The molecule has 0 atom stereocenters. The highest BCUT2D eigenvalue weighted by atomic mass is 19.1. The Labute approximate surface area is 112 Å². The Bertz CT molecular complexity index is 402. The summed E-state index contributed by atoms with van der Waals surface area (Å²) in [6.07, 6.45) is 4.99. The second-order valence-corrected chi connectivity index (χ2v) is 4.98. The van der Waals surface area contributed by atoms with Crippen LogP contribution in [-0.4, -0.2) is 24.0 Å². The van der Waals surface area contributed by atoms with E-state index in [0.29, 0.717) is 24.6 Å². The van der Waals surface area contributed by atoms with Crippen molar-refractivity contribution in [1.29, 1.82) is 0 Å². The van der Waals surface area contributed by atoms with Crippen LogP contribution in [0.25, 0.3) is 0 Å². The molecule has 0 bridgehead atoms. The standard InChI is InChI=1S/C14H20FN3O/c15-12-2-3-13(17-9-12)10-18-14(19)4-1-11-5-7-16-8-6-11/h2-3,9,11,16H,1,4-8,10H2,(H,18,19). The van der Waals surface area contributed by atoms with Gasteiger partial charge in [-0.25, -0.2) is 4.39 Å². The van der Waals surface area contributed by atoms with Gasteiger partial charge < -0.3 is 10.6 Å². The number of hydrogen-bond donors (Lipinski definition) is 2. The normalized spacial score (nSPS) is 16.3. The van der Waals surface area contributed by atoms with Gasteiger partial charge in [0.25, 0.3) is 0 Å². The Morgan fingerprint density at radius 1 is 1.42 bits per heavy atom. The SMILES string of the molecule is O=C(CCC1CCNCC1)NCc1ccc(F)cn1. The van der Waals surface area contributed by atoms with Crippen LogP contribution in [0.15, 0.2) is 18.3 Å². The number of carbonyl (C=O) groups is 1. The molecule has 2 heterocycles. The zero-order valence-electron chi connectivity index (χ0n) is 11.0. The van der Waals surface area contributed by atoms with Crippen molar-refractivity contribution in [3.63, 3.8) is 0 Å². The summed E-state index contributed by atoms with van der Waals surface area (Å²) in [6.45, 7) is 2.49. The lowest BCUT2D eigenvalue weighted by atomic mass is 9.93. The quantitative estimate of drug-likeness (QED) is 0.850. The second kappa shape index (κ2) is 7.19. The van der Waals surface area contributed by atoms with Crippen molar-refractivity contribution in [2.75, 3.05) is 13.1 Å². The van der Waals surface area contributed by atoms with Gasteiger partial charge in [0.2, 0.25) is 5.91 Å². The lowest BCUT2D eigenvalue weighted by Gasteiger charge is -2.22. The minimum Gasteiger partial charge on any atom is -0.350 e. The maximum Gasteiger partial charge on any atom is 0.220 e. The van der Waals surface area contributed by atoms with Crippen LogP contribution >= 0.6 is 0 Å². The van der Waals surface area contributed by atoms with E-state index in [-0.39, 0.29) is 11.7 Å². The van der Waals surface area contributed by atoms with E-state index in [1.54, 1.807) is 6.07 Å². The molecule has 5 heteroatoms. The van der Waals surface area contributed by atoms with Crippen LogP contribution in [0.3, 0.4) is 0 Å². The zero-order valence-corrected chi connectivity index (χ0v) is 11.0. The van der Waals surface area contributed by atoms with Gasteiger partial charge in [-0.05, 0) is 50.4 Å². The van der Waals surface area contributed by atoms with E-state index in [9.17, 15) is 9.18 Å². The largest absolute Gasteiger partial charge is 0.350 e. The fourth-order valence-electron chi connectivity index (χ4n) is 2.29. The molecule has 0 unspecified atom stereocenters. The van der Waals surface area contributed by atoms with Gasteiger partial charge in [0.1, 0.15) is 5.82 Å². The molecule has 1 aliphatic rings. The van der Waals surface area contributed by atoms with Gasteiger partial charge in [0.15, 0.2) is 0 Å². The van der Waals surface area contributed by atoms with Crippen LogP contribution in [-0.2, 0) is 11.3 Å². The number of rotatable bonds is 5. The summed E-state index contributed by atoms with van der Waals surface area (Å²) in [5.41, 5.74) is 0.677. The van der Waals surface area contributed by atoms with Gasteiger partial charge in [-0.2, -0.15) is 0 Å². The summed E-state index contributed by atoms with van der Waals surface area (Å²) >= 11 is 0. The third-order valence-corrected chi connectivity index (χ3v) is 3.49. The number of nitrogens with zero attached hydrogens (tertiary/aromatic N) is 1. The molecule has 0 radical (unpaired) electrons. The first-order chi connectivity index (χ1) is 9.24. The van der Waals surface area contributed by atoms with E-state index in [0.717, 1.165) is 38.5 Å². The summed E-state index contributed by atoms with van der Waals surface area (Å²) in [6, 6.07) is 2.94. The summed E-state index contributed by atoms with van der Waals surface area (Å²) in [7, 11) is 0. The number of hydrogen-bond acceptors (Lipinski definition) is 3. The van der Waals surface area contributed by atoms with Crippen molar-refractivity contribution in [2.24, 2.45) is 5.92 Å². The molecule has 1 aromatic heterocycles. The average Bonchev–Trinajstić information content (AvgIpc) is 2.45. The number of carbonyl (C=O) groups excluding carboxylic acids is 1. The Morgan fingerprint density at radius 3 is 2.89 bits per heavy atom. The molecule has 1 aliphatic heterocycles. The predicted octanol–water partition coefficient (Wildman–Crippen LogP) is 1.62. The van der Waals surface area contributed by atoms with E-state index >= 15 is 0 Å². The molecule has 1 saturated heterocycles. The van der Waals surface area contributed by atoms with Crippen molar-refractivity contribution in [3.8, 4) is 0 Å². The highest BCUT2D eigenvalue weighted by Gasteiger charge is 2.14. The summed E-state index contributed by atoms with van der Waals surface area (Å²) in [4.78, 5) is 15.6. The van der Waals surface area contributed by atoms with Crippen molar-refractivity contribution < 1.29 is 9.18 Å². The predicted molar refractivity (Wildman–Crippen MR) is 70.9 cm³/mol. The highest BCUT2D eigenvalue weighted by Crippen LogP contribution is 2.17. The molecule has 2 rings (SSSR count). The first-order valence-electron chi connectivity index (χ1n) is 6.82. The summed E-state index contributed by atoms with van der Waals surface area (Å²) in [5.74, 6) is 0.349. The Morgan fingerprint density at radius 2 is 2.21 bits per heavy atom. The molecule has 2 N–H and O–H groups in total. The molecule has 1 amide bonds. The molecule has 0 spiro atoms. The third kappa shape index (κ3) is 4.95. The van der Waals surface area contributed by atoms with E-state index in [1.807, 2.05) is 0 Å². The maximum absolute atomic E-state index is 12.7. The van der Waals surface area contributed by atoms with Gasteiger partial charge in [0, 0.05) is 6.42 Å². The molecule has 1 aromatic rings. The van der Waals surface area contributed by atoms with Gasteiger partial charge >= 0.3 is 0 Å². The minimum atomic E-state index is -0.360. The van der Waals surface area contributed by atoms with Crippen LogP contribution in [0, 0.1) is 11.7 Å². The third-order valence-electron chi connectivity index (χ3n) is 3.49. The highest BCUT2D eigenvalue weighted by molar-refractivity contribution is 5.75. The lowest BCUT2D eigenvalue weighted by molar-refractivity contribution is -0.121. The molecular formula is C14H20FN3O. The number of aromatic nitrogens is 1. The second-order valence-electron chi connectivity index (χ2n) is 4.98. The summed E-state index contributed by atoms with van der Waals surface area (Å²) < 4.78 is 12.7. The van der Waals surface area contributed by atoms with Crippen LogP contribution in [0.5, 0.6) is 0 Å². The van der Waals surface area contributed by atoms with Gasteiger partial charge in [-0.3, -0.25) is 9.78 Å². The molecule has 4 nitrogen and oxygen atoms in total. The first kappa shape index (κ1) is 13.9. The number of amides is 1. The van der Waals surface area contributed by atoms with Crippen molar-refractivity contribution >= 4 is 5.91 Å². The van der Waals surface area contributed by atoms with Gasteiger partial charge in [-0.1, -0.05) is 0 Å². The van der Waals surface area contributed by atoms with Crippen molar-refractivity contribution in [2.45, 2.75) is 32.2 Å². The lowest BCUT2D eigenvalue weighted by Crippen LogP contribution is -2.29. The van der Waals surface area contributed by atoms with Crippen LogP contribution in [0.2, 0.25) is 0 Å². The van der Waals surface area contributed by atoms with Crippen LogP contribution in [0.4, 0.5) is 4.39 Å². The van der Waals surface area contributed by atoms with E-state index in [1.165, 1.54) is 6.07 Å². The average molecular weight is 265 g/mol. The number of pyridine rings is 1. The molecule has 104 valence electrons. The van der Waals surface area contributed by atoms with Gasteiger partial charge in [-0.15, -0.1) is 0 Å². The Hall–Kier alpha value is -1.49. The first-order valence-corrected chi connectivity index (χ1v) is 6.82. The Balaban J connectivity index is 1.65. The number of piperidine rings is 1. The topological polar surface area (TPSA) is 54.0 Å². The zero-order chi connectivity index (χ0) is 13.5. The monoisotopic (exact) mass is 265 g/mol. The van der Waals surface area contributed by atoms with E-state index in [4.69, 9.17) is 0 Å². The molecule has 1 fully saturated rings. The molecule has 19 heavy (non-hydrogen) atoms. The fraction of sp³-hybridized carbons (Fsp3) is 0.571. The maximum atomic E-state index is 12.7. The number of halogens is 1. The summed E-state index contributed by atoms with van der Waals surface area (Å²) in [5, 5.41) is 6.13.